The quantitative estimate of drug-likeness (QED) is 0.524. The molecule has 3 aromatic carbocycles. The molecule has 0 saturated carbocycles. The van der Waals surface area contributed by atoms with Gasteiger partial charge < -0.3 is 10.1 Å². The Morgan fingerprint density at radius 2 is 1.77 bits per heavy atom. The summed E-state index contributed by atoms with van der Waals surface area (Å²) in [7, 11) is -2.35. The van der Waals surface area contributed by atoms with Crippen LogP contribution in [0.15, 0.2) is 71.6 Å². The third-order valence-electron chi connectivity index (χ3n) is 4.48. The maximum Gasteiger partial charge on any atom is 0.257 e. The Kier molecular flexibility index (Phi) is 7.27. The molecule has 1 amide bonds. The van der Waals surface area contributed by atoms with Gasteiger partial charge in [0, 0.05) is 6.54 Å². The summed E-state index contributed by atoms with van der Waals surface area (Å²) >= 11 is 5.97. The second-order valence-electron chi connectivity index (χ2n) is 6.57. The topological polar surface area (TPSA) is 84.5 Å². The van der Waals surface area contributed by atoms with Gasteiger partial charge in [-0.1, -0.05) is 35.9 Å². The highest BCUT2D eigenvalue weighted by molar-refractivity contribution is 7.89. The number of carbonyl (C=O) groups excluding carboxylic acids is 1. The van der Waals surface area contributed by atoms with E-state index in [-0.39, 0.29) is 27.7 Å². The Bertz CT molecular complexity index is 1180. The van der Waals surface area contributed by atoms with Gasteiger partial charge >= 0.3 is 0 Å². The maximum absolute atomic E-state index is 14.5. The second-order valence-corrected chi connectivity index (χ2v) is 8.75. The fourth-order valence-corrected chi connectivity index (χ4v) is 4.07. The number of halogens is 2. The van der Waals surface area contributed by atoms with Crippen LogP contribution in [-0.4, -0.2) is 28.0 Å². The van der Waals surface area contributed by atoms with E-state index >= 15 is 0 Å². The van der Waals surface area contributed by atoms with E-state index in [1.54, 1.807) is 37.4 Å². The minimum Gasteiger partial charge on any atom is -0.497 e. The molecule has 0 unspecified atom stereocenters. The first-order valence-electron chi connectivity index (χ1n) is 9.28. The van der Waals surface area contributed by atoms with Crippen LogP contribution in [0.4, 0.5) is 10.1 Å². The summed E-state index contributed by atoms with van der Waals surface area (Å²) in [4.78, 5) is 12.0. The smallest absolute Gasteiger partial charge is 0.257 e. The first kappa shape index (κ1) is 22.7. The molecule has 0 fully saturated rings. The fraction of sp³-hybridized carbons (Fsp3) is 0.136. The number of sulfonamides is 1. The summed E-state index contributed by atoms with van der Waals surface area (Å²) < 4.78 is 46.9. The number of carbonyl (C=O) groups is 1. The zero-order valence-electron chi connectivity index (χ0n) is 16.6. The maximum atomic E-state index is 14.5. The largest absolute Gasteiger partial charge is 0.497 e. The lowest BCUT2D eigenvalue weighted by Crippen LogP contribution is -2.26. The van der Waals surface area contributed by atoms with Crippen molar-refractivity contribution in [3.05, 3.63) is 88.7 Å². The van der Waals surface area contributed by atoms with Crippen molar-refractivity contribution in [1.82, 2.24) is 4.72 Å². The number of hydrogen-bond acceptors (Lipinski definition) is 4. The summed E-state index contributed by atoms with van der Waals surface area (Å²) in [6, 6.07) is 16.9. The number of hydrogen-bond donors (Lipinski definition) is 2. The first-order chi connectivity index (χ1) is 14.8. The molecule has 0 saturated heterocycles. The number of methoxy groups -OCH3 is 1. The molecule has 0 bridgehead atoms. The highest BCUT2D eigenvalue weighted by atomic mass is 35.5. The van der Waals surface area contributed by atoms with E-state index in [4.69, 9.17) is 16.3 Å². The number of rotatable bonds is 8. The molecule has 31 heavy (non-hydrogen) atoms. The Labute approximate surface area is 185 Å². The van der Waals surface area contributed by atoms with Crippen molar-refractivity contribution in [3.8, 4) is 5.75 Å². The van der Waals surface area contributed by atoms with Crippen LogP contribution < -0.4 is 14.8 Å². The van der Waals surface area contributed by atoms with Crippen molar-refractivity contribution in [2.75, 3.05) is 19.0 Å². The van der Waals surface area contributed by atoms with Crippen LogP contribution in [0, 0.1) is 5.82 Å². The number of amides is 1. The highest BCUT2D eigenvalue weighted by Crippen LogP contribution is 2.22. The van der Waals surface area contributed by atoms with Gasteiger partial charge in [0.25, 0.3) is 5.91 Å². The molecule has 2 N–H and O–H groups in total. The lowest BCUT2D eigenvalue weighted by Gasteiger charge is -2.11. The molecule has 0 aliphatic heterocycles. The van der Waals surface area contributed by atoms with Crippen LogP contribution in [0.5, 0.6) is 5.75 Å². The van der Waals surface area contributed by atoms with Gasteiger partial charge in [0.1, 0.15) is 11.6 Å². The number of nitrogens with one attached hydrogen (secondary N) is 2. The number of anilines is 1. The molecule has 0 radical (unpaired) electrons. The molecule has 9 heteroatoms. The van der Waals surface area contributed by atoms with E-state index in [0.29, 0.717) is 12.2 Å². The molecule has 6 nitrogen and oxygen atoms in total. The van der Waals surface area contributed by atoms with E-state index < -0.39 is 21.7 Å². The highest BCUT2D eigenvalue weighted by Gasteiger charge is 2.18. The summed E-state index contributed by atoms with van der Waals surface area (Å²) in [5.74, 6) is -0.766. The van der Waals surface area contributed by atoms with E-state index in [2.05, 4.69) is 10.0 Å². The zero-order chi connectivity index (χ0) is 22.4. The van der Waals surface area contributed by atoms with E-state index in [0.717, 1.165) is 11.6 Å². The van der Waals surface area contributed by atoms with Gasteiger partial charge in [-0.25, -0.2) is 17.5 Å². The molecule has 3 aromatic rings. The predicted molar refractivity (Wildman–Crippen MR) is 118 cm³/mol. The molecule has 0 heterocycles. The van der Waals surface area contributed by atoms with Crippen molar-refractivity contribution in [1.29, 1.82) is 0 Å². The molecule has 0 aliphatic carbocycles. The zero-order valence-corrected chi connectivity index (χ0v) is 18.1. The average molecular weight is 463 g/mol. The van der Waals surface area contributed by atoms with Gasteiger partial charge in [0.15, 0.2) is 0 Å². The standard InChI is InChI=1S/C22H20ClFN2O4S/c1-30-16-8-6-15(7-9-16)12-13-25-31(28,29)17-10-11-21(20(24)14-17)26-22(27)18-4-2-3-5-19(18)23/h2-11,14,25H,12-13H2,1H3,(H,26,27). The van der Waals surface area contributed by atoms with Crippen LogP contribution in [0.3, 0.4) is 0 Å². The van der Waals surface area contributed by atoms with E-state index in [1.807, 2.05) is 12.1 Å². The fourth-order valence-electron chi connectivity index (χ4n) is 2.80. The third kappa shape index (κ3) is 5.81. The van der Waals surface area contributed by atoms with Crippen LogP contribution in [0.1, 0.15) is 15.9 Å². The van der Waals surface area contributed by atoms with Crippen molar-refractivity contribution >= 4 is 33.2 Å². The van der Waals surface area contributed by atoms with Gasteiger partial charge in [-0.3, -0.25) is 4.79 Å². The lowest BCUT2D eigenvalue weighted by atomic mass is 10.1. The van der Waals surface area contributed by atoms with Crippen LogP contribution >= 0.6 is 11.6 Å². The van der Waals surface area contributed by atoms with Gasteiger partial charge in [0.05, 0.1) is 28.3 Å². The second kappa shape index (κ2) is 9.91. The average Bonchev–Trinajstić information content (AvgIpc) is 2.75. The molecule has 0 aliphatic rings. The third-order valence-corrected chi connectivity index (χ3v) is 6.27. The Hall–Kier alpha value is -2.94. The minimum absolute atomic E-state index is 0.140. The van der Waals surface area contributed by atoms with Gasteiger partial charge in [-0.2, -0.15) is 0 Å². The molecule has 162 valence electrons. The summed E-state index contributed by atoms with van der Waals surface area (Å²) in [6.45, 7) is 0.140. The summed E-state index contributed by atoms with van der Waals surface area (Å²) in [5.41, 5.74) is 0.954. The van der Waals surface area contributed by atoms with Gasteiger partial charge in [-0.05, 0) is 54.4 Å². The first-order valence-corrected chi connectivity index (χ1v) is 11.1. The predicted octanol–water partition coefficient (Wildman–Crippen LogP) is 4.26. The van der Waals surface area contributed by atoms with Gasteiger partial charge in [-0.15, -0.1) is 0 Å². The summed E-state index contributed by atoms with van der Waals surface area (Å²) in [6.07, 6.45) is 0.456. The van der Waals surface area contributed by atoms with Crippen LogP contribution in [-0.2, 0) is 16.4 Å². The van der Waals surface area contributed by atoms with Crippen molar-refractivity contribution in [2.24, 2.45) is 0 Å². The van der Waals surface area contributed by atoms with Gasteiger partial charge in [0.2, 0.25) is 10.0 Å². The Morgan fingerprint density at radius 1 is 1.06 bits per heavy atom. The monoisotopic (exact) mass is 462 g/mol. The van der Waals surface area contributed by atoms with Crippen molar-refractivity contribution < 1.29 is 22.3 Å². The minimum atomic E-state index is -3.92. The Balaban J connectivity index is 1.64. The van der Waals surface area contributed by atoms with Crippen molar-refractivity contribution in [2.45, 2.75) is 11.3 Å². The Morgan fingerprint density at radius 3 is 2.42 bits per heavy atom. The molecular formula is C22H20ClFN2O4S. The molecule has 0 aromatic heterocycles. The molecule has 0 spiro atoms. The lowest BCUT2D eigenvalue weighted by molar-refractivity contribution is 0.102. The van der Waals surface area contributed by atoms with Crippen LogP contribution in [0.2, 0.25) is 5.02 Å². The normalized spacial score (nSPS) is 11.2. The molecule has 0 atom stereocenters. The van der Waals surface area contributed by atoms with Crippen LogP contribution in [0.25, 0.3) is 0 Å². The molecular weight excluding hydrogens is 443 g/mol. The number of benzene rings is 3. The summed E-state index contributed by atoms with van der Waals surface area (Å²) in [5, 5.41) is 2.62. The van der Waals surface area contributed by atoms with Crippen molar-refractivity contribution in [3.63, 3.8) is 0 Å². The molecule has 3 rings (SSSR count). The number of ether oxygens (including phenoxy) is 1. The SMILES string of the molecule is COc1ccc(CCNS(=O)(=O)c2ccc(NC(=O)c3ccccc3Cl)c(F)c2)cc1. The van der Waals surface area contributed by atoms with E-state index in [1.165, 1.54) is 18.2 Å². The van der Waals surface area contributed by atoms with E-state index in [9.17, 15) is 17.6 Å².